The van der Waals surface area contributed by atoms with Crippen LogP contribution in [0.25, 0.3) is 22.2 Å². The Balaban J connectivity index is 2.24. The molecular weight excluding hydrogens is 234 g/mol. The van der Waals surface area contributed by atoms with E-state index in [0.717, 1.165) is 27.9 Å². The number of H-pyrrole nitrogens is 3. The monoisotopic (exact) mass is 245 g/mol. The highest BCUT2D eigenvalue weighted by molar-refractivity contribution is 7.71. The Hall–Kier alpha value is -2.08. The van der Waals surface area contributed by atoms with Crippen molar-refractivity contribution in [2.45, 2.75) is 6.92 Å². The van der Waals surface area contributed by atoms with Crippen molar-refractivity contribution in [2.24, 2.45) is 0 Å². The molecule has 0 saturated carbocycles. The molecule has 17 heavy (non-hydrogen) atoms. The number of nitrogen functional groups attached to an aromatic ring is 1. The molecule has 5 nitrogen and oxygen atoms in total. The van der Waals surface area contributed by atoms with Gasteiger partial charge in [-0.25, -0.2) is 0 Å². The van der Waals surface area contributed by atoms with Crippen molar-refractivity contribution in [2.75, 3.05) is 5.73 Å². The summed E-state index contributed by atoms with van der Waals surface area (Å²) in [5.41, 5.74) is 9.70. The Morgan fingerprint density at radius 1 is 1.29 bits per heavy atom. The van der Waals surface area contributed by atoms with Crippen LogP contribution in [0.4, 0.5) is 5.82 Å². The summed E-state index contributed by atoms with van der Waals surface area (Å²) < 4.78 is 0.627. The molecule has 0 amide bonds. The molecule has 0 spiro atoms. The Bertz CT molecular complexity index is 749. The lowest BCUT2D eigenvalue weighted by molar-refractivity contribution is 1.13. The number of aromatic nitrogens is 4. The number of nitrogens with one attached hydrogen (secondary N) is 3. The molecule has 5 N–H and O–H groups in total. The summed E-state index contributed by atoms with van der Waals surface area (Å²) in [6.07, 6.45) is 0. The van der Waals surface area contributed by atoms with Crippen molar-refractivity contribution < 1.29 is 0 Å². The highest BCUT2D eigenvalue weighted by atomic mass is 32.1. The van der Waals surface area contributed by atoms with E-state index >= 15 is 0 Å². The Kier molecular flexibility index (Phi) is 2.05. The zero-order chi connectivity index (χ0) is 12.0. The van der Waals surface area contributed by atoms with Gasteiger partial charge < -0.3 is 15.7 Å². The van der Waals surface area contributed by atoms with Crippen LogP contribution >= 0.6 is 12.2 Å². The minimum atomic E-state index is 0.519. The van der Waals surface area contributed by atoms with Crippen LogP contribution in [0.5, 0.6) is 0 Å². The molecule has 86 valence electrons. The fourth-order valence-corrected chi connectivity index (χ4v) is 2.21. The first-order valence-electron chi connectivity index (χ1n) is 5.18. The molecule has 0 unspecified atom stereocenters. The van der Waals surface area contributed by atoms with E-state index in [1.807, 2.05) is 25.1 Å². The molecule has 0 atom stereocenters. The highest BCUT2D eigenvalue weighted by Crippen LogP contribution is 2.26. The number of aromatic amines is 3. The van der Waals surface area contributed by atoms with Gasteiger partial charge in [-0.3, -0.25) is 5.10 Å². The van der Waals surface area contributed by atoms with Gasteiger partial charge >= 0.3 is 0 Å². The van der Waals surface area contributed by atoms with Gasteiger partial charge in [-0.15, -0.1) is 0 Å². The topological polar surface area (TPSA) is 86.3 Å². The summed E-state index contributed by atoms with van der Waals surface area (Å²) >= 11 is 5.07. The number of hydrogen-bond donors (Lipinski definition) is 4. The molecule has 1 aromatic carbocycles. The first-order chi connectivity index (χ1) is 8.15. The van der Waals surface area contributed by atoms with Gasteiger partial charge in [-0.05, 0) is 31.3 Å². The standard InChI is InChI=1S/C11H11N5S/c1-5-9(14-11(17)13-5)6-2-3-7-8(4-6)15-16-10(7)12/h2-4H,1H3,(H3,12,15,16)(H2,13,14,17). The van der Waals surface area contributed by atoms with E-state index in [0.29, 0.717) is 10.6 Å². The fraction of sp³-hybridized carbons (Fsp3) is 0.0909. The second-order valence-electron chi connectivity index (χ2n) is 3.95. The number of nitrogens with zero attached hydrogens (tertiary/aromatic N) is 1. The van der Waals surface area contributed by atoms with Gasteiger partial charge in [0.1, 0.15) is 0 Å². The smallest absolute Gasteiger partial charge is 0.175 e. The second-order valence-corrected chi connectivity index (χ2v) is 4.36. The molecule has 0 saturated heterocycles. The third-order valence-corrected chi connectivity index (χ3v) is 3.00. The molecule has 0 aliphatic heterocycles. The van der Waals surface area contributed by atoms with Crippen molar-refractivity contribution in [3.63, 3.8) is 0 Å². The Morgan fingerprint density at radius 3 is 2.82 bits per heavy atom. The molecule has 3 aromatic rings. The summed E-state index contributed by atoms with van der Waals surface area (Å²) in [7, 11) is 0. The summed E-state index contributed by atoms with van der Waals surface area (Å²) in [6.45, 7) is 1.98. The number of imidazole rings is 1. The first kappa shape index (κ1) is 10.1. The molecular formula is C11H11N5S. The largest absolute Gasteiger partial charge is 0.382 e. The number of nitrogens with two attached hydrogens (primary N) is 1. The predicted octanol–water partition coefficient (Wildman–Crippen LogP) is 2.51. The van der Waals surface area contributed by atoms with E-state index in [4.69, 9.17) is 18.0 Å². The molecule has 0 bridgehead atoms. The van der Waals surface area contributed by atoms with Crippen molar-refractivity contribution >= 4 is 28.9 Å². The lowest BCUT2D eigenvalue weighted by Crippen LogP contribution is -1.84. The summed E-state index contributed by atoms with van der Waals surface area (Å²) in [4.78, 5) is 6.19. The molecule has 3 rings (SSSR count). The van der Waals surface area contributed by atoms with E-state index in [1.54, 1.807) is 0 Å². The van der Waals surface area contributed by atoms with Gasteiger partial charge in [0.05, 0.1) is 11.2 Å². The summed E-state index contributed by atoms with van der Waals surface area (Å²) in [5.74, 6) is 0.519. The number of aryl methyl sites for hydroxylation is 1. The molecule has 2 aromatic heterocycles. The molecule has 6 heteroatoms. The lowest BCUT2D eigenvalue weighted by atomic mass is 10.1. The van der Waals surface area contributed by atoms with Crippen molar-refractivity contribution in [3.05, 3.63) is 28.7 Å². The van der Waals surface area contributed by atoms with Crippen molar-refractivity contribution in [1.82, 2.24) is 20.2 Å². The van der Waals surface area contributed by atoms with Crippen LogP contribution in [0, 0.1) is 11.7 Å². The van der Waals surface area contributed by atoms with Gasteiger partial charge in [-0.1, -0.05) is 6.07 Å². The minimum Gasteiger partial charge on any atom is -0.382 e. The number of fused-ring (bicyclic) bond motifs is 1. The zero-order valence-corrected chi connectivity index (χ0v) is 9.98. The van der Waals surface area contributed by atoms with Crippen LogP contribution in [0.1, 0.15) is 5.69 Å². The van der Waals surface area contributed by atoms with Crippen molar-refractivity contribution in [1.29, 1.82) is 0 Å². The highest BCUT2D eigenvalue weighted by Gasteiger charge is 2.07. The third-order valence-electron chi connectivity index (χ3n) is 2.80. The predicted molar refractivity (Wildman–Crippen MR) is 70.2 cm³/mol. The zero-order valence-electron chi connectivity index (χ0n) is 9.16. The second kappa shape index (κ2) is 3.46. The Labute approximate surface area is 102 Å². The van der Waals surface area contributed by atoms with Crippen LogP contribution < -0.4 is 5.73 Å². The third kappa shape index (κ3) is 1.53. The minimum absolute atomic E-state index is 0.519. The maximum atomic E-state index is 5.73. The van der Waals surface area contributed by atoms with E-state index in [1.165, 1.54) is 0 Å². The van der Waals surface area contributed by atoms with Crippen molar-refractivity contribution in [3.8, 4) is 11.3 Å². The van der Waals surface area contributed by atoms with Gasteiger partial charge in [0.25, 0.3) is 0 Å². The quantitative estimate of drug-likeness (QED) is 0.497. The first-order valence-corrected chi connectivity index (χ1v) is 5.59. The maximum absolute atomic E-state index is 5.73. The van der Waals surface area contributed by atoms with E-state index in [9.17, 15) is 0 Å². The molecule has 0 fully saturated rings. The van der Waals surface area contributed by atoms with Gasteiger partial charge in [0.2, 0.25) is 0 Å². The number of rotatable bonds is 1. The van der Waals surface area contributed by atoms with Gasteiger partial charge in [-0.2, -0.15) is 5.10 Å². The van der Waals surface area contributed by atoms with E-state index < -0.39 is 0 Å². The number of hydrogen-bond acceptors (Lipinski definition) is 3. The number of anilines is 1. The van der Waals surface area contributed by atoms with Crippen LogP contribution in [0.15, 0.2) is 18.2 Å². The van der Waals surface area contributed by atoms with E-state index in [2.05, 4.69) is 20.2 Å². The average Bonchev–Trinajstić information content (AvgIpc) is 2.82. The van der Waals surface area contributed by atoms with Crippen LogP contribution in [0.3, 0.4) is 0 Å². The maximum Gasteiger partial charge on any atom is 0.175 e. The van der Waals surface area contributed by atoms with Gasteiger partial charge in [0, 0.05) is 16.6 Å². The lowest BCUT2D eigenvalue weighted by Gasteiger charge is -1.99. The van der Waals surface area contributed by atoms with E-state index in [-0.39, 0.29) is 0 Å². The number of benzene rings is 1. The molecule has 2 heterocycles. The van der Waals surface area contributed by atoms with Crippen LogP contribution in [0.2, 0.25) is 0 Å². The normalized spacial score (nSPS) is 11.1. The molecule has 0 aliphatic carbocycles. The molecule has 0 radical (unpaired) electrons. The fourth-order valence-electron chi connectivity index (χ4n) is 1.96. The SMILES string of the molecule is Cc1[nH]c(=S)[nH]c1-c1ccc2c(N)n[nH]c2c1. The summed E-state index contributed by atoms with van der Waals surface area (Å²) in [5, 5.41) is 7.80. The van der Waals surface area contributed by atoms with Crippen LogP contribution in [-0.4, -0.2) is 20.2 Å². The average molecular weight is 245 g/mol. The Morgan fingerprint density at radius 2 is 2.12 bits per heavy atom. The molecule has 0 aliphatic rings. The van der Waals surface area contributed by atoms with Crippen LogP contribution in [-0.2, 0) is 0 Å². The summed E-state index contributed by atoms with van der Waals surface area (Å²) in [6, 6.07) is 5.95. The van der Waals surface area contributed by atoms with Gasteiger partial charge in [0.15, 0.2) is 10.6 Å².